The number of rotatable bonds is 3. The number of hydrogen-bond donors (Lipinski definition) is 2. The van der Waals surface area contributed by atoms with Crippen molar-refractivity contribution < 1.29 is 19.1 Å². The Kier molecular flexibility index (Phi) is 3.89. The molecule has 23 heavy (non-hydrogen) atoms. The Morgan fingerprint density at radius 3 is 2.87 bits per heavy atom. The topological polar surface area (TPSA) is 76.7 Å². The fourth-order valence-corrected chi connectivity index (χ4v) is 2.33. The number of nitrogens with one attached hydrogen (secondary N) is 2. The van der Waals surface area contributed by atoms with E-state index < -0.39 is 0 Å². The van der Waals surface area contributed by atoms with Gasteiger partial charge in [0.15, 0.2) is 6.61 Å². The van der Waals surface area contributed by atoms with Crippen molar-refractivity contribution in [3.8, 4) is 11.5 Å². The molecular weight excluding hydrogens is 296 g/mol. The maximum atomic E-state index is 12.4. The van der Waals surface area contributed by atoms with Gasteiger partial charge >= 0.3 is 0 Å². The van der Waals surface area contributed by atoms with Gasteiger partial charge in [-0.05, 0) is 42.8 Å². The Morgan fingerprint density at radius 1 is 1.26 bits per heavy atom. The highest BCUT2D eigenvalue weighted by Gasteiger charge is 2.18. The quantitative estimate of drug-likeness (QED) is 0.913. The van der Waals surface area contributed by atoms with E-state index in [0.29, 0.717) is 28.4 Å². The molecule has 1 heterocycles. The Labute approximate surface area is 133 Å². The third-order valence-corrected chi connectivity index (χ3v) is 3.48. The average Bonchev–Trinajstić information content (AvgIpc) is 2.54. The summed E-state index contributed by atoms with van der Waals surface area (Å²) in [6, 6.07) is 10.4. The van der Waals surface area contributed by atoms with Crippen molar-refractivity contribution in [3.63, 3.8) is 0 Å². The number of hydrogen-bond acceptors (Lipinski definition) is 4. The molecule has 6 heteroatoms. The molecule has 0 spiro atoms. The number of methoxy groups -OCH3 is 1. The second-order valence-electron chi connectivity index (χ2n) is 5.21. The van der Waals surface area contributed by atoms with E-state index in [-0.39, 0.29) is 18.4 Å². The summed E-state index contributed by atoms with van der Waals surface area (Å²) in [6.07, 6.45) is 0. The highest BCUT2D eigenvalue weighted by Crippen LogP contribution is 2.30. The van der Waals surface area contributed by atoms with Gasteiger partial charge in [0, 0.05) is 5.56 Å². The van der Waals surface area contributed by atoms with Crippen molar-refractivity contribution in [1.82, 2.24) is 0 Å². The molecule has 6 nitrogen and oxygen atoms in total. The monoisotopic (exact) mass is 312 g/mol. The first-order valence-electron chi connectivity index (χ1n) is 7.09. The van der Waals surface area contributed by atoms with Crippen molar-refractivity contribution in [3.05, 3.63) is 47.5 Å². The first-order chi connectivity index (χ1) is 11.1. The standard InChI is InChI=1S/C17H16N2O4/c1-10-3-6-14(22-2)13(7-10)19-17(21)11-4-5-12-15(8-11)23-9-16(20)18-12/h3-8H,9H2,1-2H3,(H,18,20)(H,19,21). The zero-order chi connectivity index (χ0) is 16.4. The molecule has 0 saturated heterocycles. The number of carbonyl (C=O) groups excluding carboxylic acids is 2. The van der Waals surface area contributed by atoms with Crippen LogP contribution in [-0.4, -0.2) is 25.5 Å². The summed E-state index contributed by atoms with van der Waals surface area (Å²) in [6.45, 7) is 1.88. The van der Waals surface area contributed by atoms with Crippen molar-refractivity contribution in [2.24, 2.45) is 0 Å². The molecule has 2 aromatic rings. The predicted octanol–water partition coefficient (Wildman–Crippen LogP) is 2.59. The third-order valence-electron chi connectivity index (χ3n) is 3.48. The second kappa shape index (κ2) is 6.00. The van der Waals surface area contributed by atoms with E-state index in [2.05, 4.69) is 10.6 Å². The van der Waals surface area contributed by atoms with Gasteiger partial charge in [-0.15, -0.1) is 0 Å². The molecule has 1 aliphatic rings. The van der Waals surface area contributed by atoms with E-state index in [1.807, 2.05) is 19.1 Å². The van der Waals surface area contributed by atoms with Crippen LogP contribution in [0, 0.1) is 6.92 Å². The average molecular weight is 312 g/mol. The summed E-state index contributed by atoms with van der Waals surface area (Å²) in [5, 5.41) is 5.51. The molecule has 0 aliphatic carbocycles. The van der Waals surface area contributed by atoms with E-state index in [1.54, 1.807) is 31.4 Å². The maximum absolute atomic E-state index is 12.4. The van der Waals surface area contributed by atoms with Crippen LogP contribution in [0.1, 0.15) is 15.9 Å². The van der Waals surface area contributed by atoms with Crippen molar-refractivity contribution in [1.29, 1.82) is 0 Å². The summed E-state index contributed by atoms with van der Waals surface area (Å²) in [7, 11) is 1.55. The molecule has 0 radical (unpaired) electrons. The number of aryl methyl sites for hydroxylation is 1. The second-order valence-corrected chi connectivity index (χ2v) is 5.21. The molecule has 2 amide bonds. The Bertz CT molecular complexity index is 786. The molecule has 0 saturated carbocycles. The number of carbonyl (C=O) groups is 2. The number of fused-ring (bicyclic) bond motifs is 1. The third kappa shape index (κ3) is 3.11. The molecule has 2 N–H and O–H groups in total. The van der Waals surface area contributed by atoms with E-state index in [1.165, 1.54) is 0 Å². The van der Waals surface area contributed by atoms with E-state index in [0.717, 1.165) is 5.56 Å². The normalized spacial score (nSPS) is 12.7. The fraction of sp³-hybridized carbons (Fsp3) is 0.176. The summed E-state index contributed by atoms with van der Waals surface area (Å²) in [4.78, 5) is 23.7. The predicted molar refractivity (Wildman–Crippen MR) is 86.3 cm³/mol. The maximum Gasteiger partial charge on any atom is 0.262 e. The zero-order valence-corrected chi connectivity index (χ0v) is 12.8. The van der Waals surface area contributed by atoms with Crippen LogP contribution < -0.4 is 20.1 Å². The van der Waals surface area contributed by atoms with Gasteiger partial charge in [-0.25, -0.2) is 0 Å². The van der Waals surface area contributed by atoms with E-state index in [9.17, 15) is 9.59 Å². The number of amides is 2. The first kappa shape index (κ1) is 14.9. The minimum absolute atomic E-state index is 0.0518. The smallest absolute Gasteiger partial charge is 0.262 e. The molecular formula is C17H16N2O4. The van der Waals surface area contributed by atoms with Crippen LogP contribution in [-0.2, 0) is 4.79 Å². The minimum Gasteiger partial charge on any atom is -0.495 e. The van der Waals surface area contributed by atoms with Crippen LogP contribution >= 0.6 is 0 Å². The number of anilines is 2. The molecule has 3 rings (SSSR count). The van der Waals surface area contributed by atoms with Gasteiger partial charge in [0.25, 0.3) is 11.8 Å². The van der Waals surface area contributed by atoms with Crippen molar-refractivity contribution >= 4 is 23.2 Å². The molecule has 0 bridgehead atoms. The summed E-state index contributed by atoms with van der Waals surface area (Å²) in [5.74, 6) is 0.579. The van der Waals surface area contributed by atoms with Gasteiger partial charge in [-0.1, -0.05) is 6.07 Å². The molecule has 2 aromatic carbocycles. The van der Waals surface area contributed by atoms with Crippen LogP contribution in [0.3, 0.4) is 0 Å². The lowest BCUT2D eigenvalue weighted by Gasteiger charge is -2.18. The van der Waals surface area contributed by atoms with Gasteiger partial charge < -0.3 is 20.1 Å². The highest BCUT2D eigenvalue weighted by atomic mass is 16.5. The van der Waals surface area contributed by atoms with Crippen molar-refractivity contribution in [2.75, 3.05) is 24.4 Å². The molecule has 0 atom stereocenters. The van der Waals surface area contributed by atoms with Gasteiger partial charge in [-0.2, -0.15) is 0 Å². The van der Waals surface area contributed by atoms with Gasteiger partial charge in [0.05, 0.1) is 18.5 Å². The lowest BCUT2D eigenvalue weighted by Crippen LogP contribution is -2.25. The lowest BCUT2D eigenvalue weighted by atomic mass is 10.1. The summed E-state index contributed by atoms with van der Waals surface area (Å²) in [5.41, 5.74) is 2.61. The molecule has 0 fully saturated rings. The van der Waals surface area contributed by atoms with Crippen LogP contribution in [0.5, 0.6) is 11.5 Å². The van der Waals surface area contributed by atoms with E-state index in [4.69, 9.17) is 9.47 Å². The first-order valence-corrected chi connectivity index (χ1v) is 7.09. The van der Waals surface area contributed by atoms with Crippen LogP contribution in [0.4, 0.5) is 11.4 Å². The van der Waals surface area contributed by atoms with Crippen molar-refractivity contribution in [2.45, 2.75) is 6.92 Å². The summed E-state index contributed by atoms with van der Waals surface area (Å²) >= 11 is 0. The van der Waals surface area contributed by atoms with Crippen LogP contribution in [0.25, 0.3) is 0 Å². The van der Waals surface area contributed by atoms with Gasteiger partial charge in [-0.3, -0.25) is 9.59 Å². The fourth-order valence-electron chi connectivity index (χ4n) is 2.33. The SMILES string of the molecule is COc1ccc(C)cc1NC(=O)c1ccc2c(c1)OCC(=O)N2. The largest absolute Gasteiger partial charge is 0.495 e. The number of ether oxygens (including phenoxy) is 2. The Balaban J connectivity index is 1.84. The van der Waals surface area contributed by atoms with Crippen LogP contribution in [0.15, 0.2) is 36.4 Å². The highest BCUT2D eigenvalue weighted by molar-refractivity contribution is 6.06. The Hall–Kier alpha value is -3.02. The molecule has 0 unspecified atom stereocenters. The minimum atomic E-state index is -0.280. The van der Waals surface area contributed by atoms with E-state index >= 15 is 0 Å². The molecule has 0 aromatic heterocycles. The summed E-state index contributed by atoms with van der Waals surface area (Å²) < 4.78 is 10.6. The molecule has 118 valence electrons. The number of benzene rings is 2. The van der Waals surface area contributed by atoms with Crippen LogP contribution in [0.2, 0.25) is 0 Å². The Morgan fingerprint density at radius 2 is 2.09 bits per heavy atom. The van der Waals surface area contributed by atoms with Gasteiger partial charge in [0.2, 0.25) is 0 Å². The molecule has 1 aliphatic heterocycles. The lowest BCUT2D eigenvalue weighted by molar-refractivity contribution is -0.118. The zero-order valence-electron chi connectivity index (χ0n) is 12.8. The van der Waals surface area contributed by atoms with Gasteiger partial charge in [0.1, 0.15) is 11.5 Å².